The van der Waals surface area contributed by atoms with Gasteiger partial charge >= 0.3 is 0 Å². The third-order valence-electron chi connectivity index (χ3n) is 2.96. The molecule has 1 rings (SSSR count). The Balaban J connectivity index is 2.40. The molecule has 2 heteroatoms. The standard InChI is InChI=1S/C15H25NO/c1-12(16-11-10-15(2,3)4)14(17)13-8-6-5-7-9-13/h5-9,12,14,16-17H,10-11H2,1-4H3/t12-,14-/m0/s1. The molecule has 17 heavy (non-hydrogen) atoms. The third kappa shape index (κ3) is 5.33. The SMILES string of the molecule is C[C@H](NCCC(C)(C)C)[C@H](O)c1ccccc1. The van der Waals surface area contributed by atoms with Gasteiger partial charge in [-0.05, 0) is 30.9 Å². The molecule has 2 nitrogen and oxygen atoms in total. The number of nitrogens with one attached hydrogen (secondary N) is 1. The van der Waals surface area contributed by atoms with Crippen molar-refractivity contribution < 1.29 is 5.11 Å². The molecule has 0 bridgehead atoms. The van der Waals surface area contributed by atoms with E-state index in [-0.39, 0.29) is 6.04 Å². The molecule has 0 aliphatic heterocycles. The van der Waals surface area contributed by atoms with Crippen molar-refractivity contribution in [3.8, 4) is 0 Å². The van der Waals surface area contributed by atoms with Crippen LogP contribution >= 0.6 is 0 Å². The van der Waals surface area contributed by atoms with E-state index >= 15 is 0 Å². The van der Waals surface area contributed by atoms with Crippen LogP contribution < -0.4 is 5.32 Å². The molecular weight excluding hydrogens is 210 g/mol. The van der Waals surface area contributed by atoms with E-state index in [1.807, 2.05) is 37.3 Å². The fourth-order valence-electron chi connectivity index (χ4n) is 1.73. The second kappa shape index (κ2) is 6.18. The van der Waals surface area contributed by atoms with Crippen molar-refractivity contribution in [3.05, 3.63) is 35.9 Å². The van der Waals surface area contributed by atoms with Gasteiger partial charge < -0.3 is 10.4 Å². The molecule has 2 N–H and O–H groups in total. The molecule has 1 aromatic carbocycles. The fraction of sp³-hybridized carbons (Fsp3) is 0.600. The van der Waals surface area contributed by atoms with Gasteiger partial charge in [-0.15, -0.1) is 0 Å². The highest BCUT2D eigenvalue weighted by atomic mass is 16.3. The second-order valence-corrected chi connectivity index (χ2v) is 5.91. The Labute approximate surface area is 105 Å². The summed E-state index contributed by atoms with van der Waals surface area (Å²) in [4.78, 5) is 0. The zero-order valence-corrected chi connectivity index (χ0v) is 11.4. The molecule has 0 aliphatic carbocycles. The minimum atomic E-state index is -0.434. The quantitative estimate of drug-likeness (QED) is 0.822. The lowest BCUT2D eigenvalue weighted by Crippen LogP contribution is -2.34. The lowest BCUT2D eigenvalue weighted by atomic mass is 9.92. The Bertz CT molecular complexity index is 315. The van der Waals surface area contributed by atoms with Gasteiger partial charge in [0.05, 0.1) is 6.10 Å². The predicted molar refractivity (Wildman–Crippen MR) is 72.9 cm³/mol. The van der Waals surface area contributed by atoms with Gasteiger partial charge in [-0.3, -0.25) is 0 Å². The molecule has 0 radical (unpaired) electrons. The highest BCUT2D eigenvalue weighted by molar-refractivity contribution is 5.18. The van der Waals surface area contributed by atoms with Crippen molar-refractivity contribution in [1.29, 1.82) is 0 Å². The van der Waals surface area contributed by atoms with Crippen LogP contribution in [0.2, 0.25) is 0 Å². The Morgan fingerprint density at radius 2 is 1.76 bits per heavy atom. The minimum Gasteiger partial charge on any atom is -0.387 e. The molecule has 1 aromatic rings. The van der Waals surface area contributed by atoms with Gasteiger partial charge in [-0.2, -0.15) is 0 Å². The van der Waals surface area contributed by atoms with Crippen LogP contribution in [0.3, 0.4) is 0 Å². The van der Waals surface area contributed by atoms with Crippen LogP contribution in [0.5, 0.6) is 0 Å². The summed E-state index contributed by atoms with van der Waals surface area (Å²) in [5.74, 6) is 0. The third-order valence-corrected chi connectivity index (χ3v) is 2.96. The summed E-state index contributed by atoms with van der Waals surface area (Å²) in [7, 11) is 0. The van der Waals surface area contributed by atoms with E-state index in [1.54, 1.807) is 0 Å². The lowest BCUT2D eigenvalue weighted by molar-refractivity contribution is 0.134. The smallest absolute Gasteiger partial charge is 0.0940 e. The molecule has 0 aliphatic rings. The van der Waals surface area contributed by atoms with Crippen molar-refractivity contribution in [2.24, 2.45) is 5.41 Å². The number of hydrogen-bond acceptors (Lipinski definition) is 2. The van der Waals surface area contributed by atoms with E-state index in [4.69, 9.17) is 0 Å². The Morgan fingerprint density at radius 3 is 2.29 bits per heavy atom. The van der Waals surface area contributed by atoms with Crippen molar-refractivity contribution in [2.45, 2.75) is 46.3 Å². The van der Waals surface area contributed by atoms with Crippen LogP contribution in [-0.2, 0) is 0 Å². The van der Waals surface area contributed by atoms with Crippen molar-refractivity contribution in [1.82, 2.24) is 5.32 Å². The van der Waals surface area contributed by atoms with E-state index in [2.05, 4.69) is 26.1 Å². The molecule has 0 saturated heterocycles. The zero-order valence-electron chi connectivity index (χ0n) is 11.4. The fourth-order valence-corrected chi connectivity index (χ4v) is 1.73. The molecule has 2 atom stereocenters. The average Bonchev–Trinajstić information content (AvgIpc) is 2.27. The first-order valence-corrected chi connectivity index (χ1v) is 6.36. The Hall–Kier alpha value is -0.860. The van der Waals surface area contributed by atoms with Crippen LogP contribution in [0.4, 0.5) is 0 Å². The summed E-state index contributed by atoms with van der Waals surface area (Å²) in [5, 5.41) is 13.5. The second-order valence-electron chi connectivity index (χ2n) is 5.91. The van der Waals surface area contributed by atoms with Gasteiger partial charge in [0.1, 0.15) is 0 Å². The molecule has 0 heterocycles. The summed E-state index contributed by atoms with van der Waals surface area (Å²) < 4.78 is 0. The van der Waals surface area contributed by atoms with Gasteiger partial charge in [-0.1, -0.05) is 51.1 Å². The molecule has 0 aromatic heterocycles. The van der Waals surface area contributed by atoms with Gasteiger partial charge in [0.2, 0.25) is 0 Å². The van der Waals surface area contributed by atoms with Crippen molar-refractivity contribution in [3.63, 3.8) is 0 Å². The first-order chi connectivity index (χ1) is 7.90. The van der Waals surface area contributed by atoms with E-state index in [9.17, 15) is 5.11 Å². The van der Waals surface area contributed by atoms with Crippen molar-refractivity contribution in [2.75, 3.05) is 6.54 Å². The summed E-state index contributed by atoms with van der Waals surface area (Å²) >= 11 is 0. The molecule has 0 amide bonds. The Kier molecular flexibility index (Phi) is 5.16. The maximum absolute atomic E-state index is 10.2. The van der Waals surface area contributed by atoms with Crippen LogP contribution in [0.25, 0.3) is 0 Å². The predicted octanol–water partition coefficient (Wildman–Crippen LogP) is 3.13. The molecule has 96 valence electrons. The largest absolute Gasteiger partial charge is 0.387 e. The van der Waals surface area contributed by atoms with E-state index < -0.39 is 6.10 Å². The number of hydrogen-bond donors (Lipinski definition) is 2. The monoisotopic (exact) mass is 235 g/mol. The van der Waals surface area contributed by atoms with Gasteiger partial charge in [-0.25, -0.2) is 0 Å². The normalized spacial score (nSPS) is 15.6. The summed E-state index contributed by atoms with van der Waals surface area (Å²) in [6.45, 7) is 9.65. The van der Waals surface area contributed by atoms with E-state index in [1.165, 1.54) is 0 Å². The van der Waals surface area contributed by atoms with Gasteiger partial charge in [0.15, 0.2) is 0 Å². The Morgan fingerprint density at radius 1 is 1.18 bits per heavy atom. The molecule has 0 unspecified atom stereocenters. The van der Waals surface area contributed by atoms with Crippen LogP contribution in [0.1, 0.15) is 45.8 Å². The number of aliphatic hydroxyl groups is 1. The average molecular weight is 235 g/mol. The van der Waals surface area contributed by atoms with Crippen LogP contribution in [0, 0.1) is 5.41 Å². The molecule has 0 spiro atoms. The first-order valence-electron chi connectivity index (χ1n) is 6.36. The van der Waals surface area contributed by atoms with Crippen LogP contribution in [0.15, 0.2) is 30.3 Å². The minimum absolute atomic E-state index is 0.0831. The van der Waals surface area contributed by atoms with Gasteiger partial charge in [0.25, 0.3) is 0 Å². The lowest BCUT2D eigenvalue weighted by Gasteiger charge is -2.24. The van der Waals surface area contributed by atoms with Crippen molar-refractivity contribution >= 4 is 0 Å². The molecular formula is C15H25NO. The molecule has 0 fully saturated rings. The van der Waals surface area contributed by atoms with E-state index in [0.29, 0.717) is 5.41 Å². The summed E-state index contributed by atoms with van der Waals surface area (Å²) in [6.07, 6.45) is 0.676. The first kappa shape index (κ1) is 14.2. The number of benzene rings is 1. The van der Waals surface area contributed by atoms with E-state index in [0.717, 1.165) is 18.5 Å². The maximum atomic E-state index is 10.2. The number of aliphatic hydroxyl groups excluding tert-OH is 1. The topological polar surface area (TPSA) is 32.3 Å². The number of rotatable bonds is 5. The summed E-state index contributed by atoms with van der Waals surface area (Å²) in [5.41, 5.74) is 1.31. The molecule has 0 saturated carbocycles. The highest BCUT2D eigenvalue weighted by Gasteiger charge is 2.16. The van der Waals surface area contributed by atoms with Gasteiger partial charge in [0, 0.05) is 6.04 Å². The van der Waals surface area contributed by atoms with Crippen LogP contribution in [-0.4, -0.2) is 17.7 Å². The maximum Gasteiger partial charge on any atom is 0.0940 e. The highest BCUT2D eigenvalue weighted by Crippen LogP contribution is 2.19. The zero-order chi connectivity index (χ0) is 12.9. The summed E-state index contributed by atoms with van der Waals surface area (Å²) in [6, 6.07) is 9.90.